The smallest absolute Gasteiger partial charge is 0.272 e. The van der Waals surface area contributed by atoms with Gasteiger partial charge in [-0.3, -0.25) is 19.2 Å². The molecule has 0 radical (unpaired) electrons. The van der Waals surface area contributed by atoms with Crippen LogP contribution in [0.3, 0.4) is 0 Å². The summed E-state index contributed by atoms with van der Waals surface area (Å²) in [6.45, 7) is 1.43. The van der Waals surface area contributed by atoms with Crippen LogP contribution < -0.4 is 21.3 Å². The molecule has 8 nitrogen and oxygen atoms in total. The zero-order chi connectivity index (χ0) is 33.9. The van der Waals surface area contributed by atoms with E-state index in [0.29, 0.717) is 28.2 Å². The van der Waals surface area contributed by atoms with Gasteiger partial charge in [-0.15, -0.1) is 11.8 Å². The third-order valence-corrected chi connectivity index (χ3v) is 8.59. The molecule has 1 unspecified atom stereocenters. The molecule has 0 saturated heterocycles. The van der Waals surface area contributed by atoms with Crippen LogP contribution in [0.25, 0.3) is 6.08 Å². The van der Waals surface area contributed by atoms with Gasteiger partial charge in [0, 0.05) is 38.9 Å². The highest BCUT2D eigenvalue weighted by Gasteiger charge is 2.23. The molecule has 0 heterocycles. The fraction of sp³-hybridized carbons (Fsp3) is 0.0526. The zero-order valence-electron chi connectivity index (χ0n) is 25.8. The maximum absolute atomic E-state index is 13.6. The van der Waals surface area contributed by atoms with Crippen molar-refractivity contribution in [1.29, 1.82) is 0 Å². The van der Waals surface area contributed by atoms with Crippen molar-refractivity contribution >= 4 is 74.5 Å². The van der Waals surface area contributed by atoms with Crippen LogP contribution in [0, 0.1) is 0 Å². The fourth-order valence-electron chi connectivity index (χ4n) is 4.64. The summed E-state index contributed by atoms with van der Waals surface area (Å²) < 4.78 is 0.828. The van der Waals surface area contributed by atoms with E-state index in [9.17, 15) is 19.2 Å². The maximum Gasteiger partial charge on any atom is 0.272 e. The minimum absolute atomic E-state index is 0.0612. The Morgan fingerprint density at radius 1 is 0.667 bits per heavy atom. The number of anilines is 3. The van der Waals surface area contributed by atoms with E-state index in [4.69, 9.17) is 0 Å². The Bertz CT molecular complexity index is 1950. The molecule has 0 aliphatic carbocycles. The molecule has 0 fully saturated rings. The molecular formula is C38H31BrN4O4S. The summed E-state index contributed by atoms with van der Waals surface area (Å²) in [7, 11) is 0. The normalized spacial score (nSPS) is 11.6. The first kappa shape index (κ1) is 33.9. The first-order chi connectivity index (χ1) is 23.2. The SMILES string of the molecule is CC(=O)Nc1ccc(NC(=O)C(Sc2cccc(NC(=O)/C(=C\c3cccc(Br)c3)NC(=O)c3ccccc3)c2)c2ccccc2)cc1. The monoisotopic (exact) mass is 718 g/mol. The lowest BCUT2D eigenvalue weighted by Gasteiger charge is -2.18. The van der Waals surface area contributed by atoms with Gasteiger partial charge in [0.05, 0.1) is 0 Å². The molecule has 10 heteroatoms. The second kappa shape index (κ2) is 16.4. The van der Waals surface area contributed by atoms with Gasteiger partial charge in [-0.05, 0) is 83.9 Å². The van der Waals surface area contributed by atoms with Crippen molar-refractivity contribution < 1.29 is 19.2 Å². The molecule has 0 bridgehead atoms. The Morgan fingerprint density at radius 2 is 1.31 bits per heavy atom. The van der Waals surface area contributed by atoms with E-state index in [1.54, 1.807) is 72.8 Å². The number of hydrogen-bond donors (Lipinski definition) is 4. The molecule has 5 rings (SSSR count). The van der Waals surface area contributed by atoms with Crippen molar-refractivity contribution in [2.75, 3.05) is 16.0 Å². The van der Waals surface area contributed by atoms with Crippen LogP contribution in [0.15, 0.2) is 149 Å². The molecule has 4 amide bonds. The van der Waals surface area contributed by atoms with Crippen LogP contribution in [-0.4, -0.2) is 23.6 Å². The lowest BCUT2D eigenvalue weighted by atomic mass is 10.1. The average molecular weight is 720 g/mol. The van der Waals surface area contributed by atoms with E-state index in [-0.39, 0.29) is 17.5 Å². The van der Waals surface area contributed by atoms with E-state index < -0.39 is 17.1 Å². The van der Waals surface area contributed by atoms with E-state index in [1.807, 2.05) is 66.7 Å². The summed E-state index contributed by atoms with van der Waals surface area (Å²) in [4.78, 5) is 52.4. The second-order valence-corrected chi connectivity index (χ2v) is 12.7. The predicted octanol–water partition coefficient (Wildman–Crippen LogP) is 8.29. The topological polar surface area (TPSA) is 116 Å². The highest BCUT2D eigenvalue weighted by molar-refractivity contribution is 9.10. The Balaban J connectivity index is 1.35. The van der Waals surface area contributed by atoms with Crippen LogP contribution in [0.1, 0.15) is 33.7 Å². The molecule has 0 aliphatic rings. The summed E-state index contributed by atoms with van der Waals surface area (Å²) in [5.74, 6) is -1.35. The first-order valence-corrected chi connectivity index (χ1v) is 16.6. The van der Waals surface area contributed by atoms with Gasteiger partial charge in [-0.1, -0.05) is 82.7 Å². The molecule has 240 valence electrons. The third kappa shape index (κ3) is 9.78. The molecule has 0 saturated carbocycles. The van der Waals surface area contributed by atoms with Crippen molar-refractivity contribution in [3.8, 4) is 0 Å². The van der Waals surface area contributed by atoms with Crippen LogP contribution in [-0.2, 0) is 14.4 Å². The first-order valence-electron chi connectivity index (χ1n) is 14.9. The van der Waals surface area contributed by atoms with Crippen molar-refractivity contribution in [2.24, 2.45) is 0 Å². The minimum Gasteiger partial charge on any atom is -0.326 e. The maximum atomic E-state index is 13.6. The molecule has 1 atom stereocenters. The molecule has 4 N–H and O–H groups in total. The van der Waals surface area contributed by atoms with Crippen LogP contribution in [0.5, 0.6) is 0 Å². The fourth-order valence-corrected chi connectivity index (χ4v) is 6.14. The zero-order valence-corrected chi connectivity index (χ0v) is 28.2. The highest BCUT2D eigenvalue weighted by atomic mass is 79.9. The summed E-state index contributed by atoms with van der Waals surface area (Å²) in [5, 5.41) is 10.7. The Kier molecular flexibility index (Phi) is 11.6. The van der Waals surface area contributed by atoms with Crippen LogP contribution >= 0.6 is 27.7 Å². The Morgan fingerprint density at radius 3 is 1.98 bits per heavy atom. The van der Waals surface area contributed by atoms with Crippen LogP contribution in [0.2, 0.25) is 0 Å². The summed E-state index contributed by atoms with van der Waals surface area (Å²) in [6.07, 6.45) is 1.61. The lowest BCUT2D eigenvalue weighted by molar-refractivity contribution is -0.116. The standard InChI is InChI=1S/C38H31BrN4O4S/c1-25(44)40-30-18-20-31(21-19-30)41-38(47)35(27-11-4-2-5-12-27)48-33-17-9-16-32(24-33)42-37(46)34(23-26-10-8-15-29(39)22-26)43-36(45)28-13-6-3-7-14-28/h2-24,35H,1H3,(H,40,44)(H,41,47)(H,42,46)(H,43,45)/b34-23+. The van der Waals surface area contributed by atoms with Crippen molar-refractivity contribution in [2.45, 2.75) is 17.1 Å². The predicted molar refractivity (Wildman–Crippen MR) is 196 cm³/mol. The van der Waals surface area contributed by atoms with Crippen molar-refractivity contribution in [1.82, 2.24) is 5.32 Å². The second-order valence-electron chi connectivity index (χ2n) is 10.6. The number of halogens is 1. The van der Waals surface area contributed by atoms with E-state index in [0.717, 1.165) is 14.9 Å². The Labute approximate surface area is 291 Å². The van der Waals surface area contributed by atoms with Crippen LogP contribution in [0.4, 0.5) is 17.1 Å². The number of rotatable bonds is 11. The van der Waals surface area contributed by atoms with E-state index in [1.165, 1.54) is 18.7 Å². The number of benzene rings is 5. The van der Waals surface area contributed by atoms with Gasteiger partial charge in [-0.2, -0.15) is 0 Å². The van der Waals surface area contributed by atoms with Gasteiger partial charge in [0.25, 0.3) is 11.8 Å². The summed E-state index contributed by atoms with van der Waals surface area (Å²) in [5.41, 5.74) is 3.69. The molecule has 48 heavy (non-hydrogen) atoms. The van der Waals surface area contributed by atoms with Gasteiger partial charge in [0.2, 0.25) is 11.8 Å². The number of amides is 4. The Hall–Kier alpha value is -5.45. The van der Waals surface area contributed by atoms with E-state index in [2.05, 4.69) is 37.2 Å². The number of nitrogens with one attached hydrogen (secondary N) is 4. The number of hydrogen-bond acceptors (Lipinski definition) is 5. The van der Waals surface area contributed by atoms with Gasteiger partial charge >= 0.3 is 0 Å². The average Bonchev–Trinajstić information content (AvgIpc) is 3.08. The molecule has 0 aromatic heterocycles. The summed E-state index contributed by atoms with van der Waals surface area (Å²) >= 11 is 4.78. The molecular weight excluding hydrogens is 688 g/mol. The van der Waals surface area contributed by atoms with Gasteiger partial charge in [-0.25, -0.2) is 0 Å². The highest BCUT2D eigenvalue weighted by Crippen LogP contribution is 2.37. The number of thioether (sulfide) groups is 1. The van der Waals surface area contributed by atoms with Gasteiger partial charge in [0.1, 0.15) is 10.9 Å². The number of carbonyl (C=O) groups is 4. The number of carbonyl (C=O) groups excluding carboxylic acids is 4. The van der Waals surface area contributed by atoms with Crippen molar-refractivity contribution in [3.05, 3.63) is 160 Å². The summed E-state index contributed by atoms with van der Waals surface area (Å²) in [6, 6.07) is 39.5. The van der Waals surface area contributed by atoms with Gasteiger partial charge in [0.15, 0.2) is 0 Å². The van der Waals surface area contributed by atoms with Crippen molar-refractivity contribution in [3.63, 3.8) is 0 Å². The molecule has 0 aliphatic heterocycles. The molecule has 5 aromatic carbocycles. The molecule has 5 aromatic rings. The largest absolute Gasteiger partial charge is 0.326 e. The van der Waals surface area contributed by atoms with E-state index >= 15 is 0 Å². The quantitative estimate of drug-likeness (QED) is 0.0810. The third-order valence-electron chi connectivity index (χ3n) is 6.85. The van der Waals surface area contributed by atoms with Gasteiger partial charge < -0.3 is 21.3 Å². The molecule has 0 spiro atoms. The minimum atomic E-state index is -0.621. The lowest BCUT2D eigenvalue weighted by Crippen LogP contribution is -2.30.